The molecule has 0 aliphatic carbocycles. The summed E-state index contributed by atoms with van der Waals surface area (Å²) in [4.78, 5) is 13.4. The number of aromatic nitrogens is 2. The number of nitrogens with zero attached hydrogens (tertiary/aromatic N) is 5. The zero-order valence-corrected chi connectivity index (χ0v) is 7.47. The third kappa shape index (κ3) is 2.52. The van der Waals surface area contributed by atoms with Crippen molar-refractivity contribution in [2.24, 2.45) is 4.99 Å². The van der Waals surface area contributed by atoms with Crippen LogP contribution in [0.3, 0.4) is 0 Å². The lowest BCUT2D eigenvalue weighted by Gasteiger charge is -2.01. The summed E-state index contributed by atoms with van der Waals surface area (Å²) in [6.07, 6.45) is 4.39. The molecular weight excluding hydrogens is 166 g/mol. The Morgan fingerprint density at radius 2 is 2.38 bits per heavy atom. The second-order valence-corrected chi connectivity index (χ2v) is 2.58. The molecule has 0 amide bonds. The summed E-state index contributed by atoms with van der Waals surface area (Å²) in [6, 6.07) is 1.96. The molecule has 13 heavy (non-hydrogen) atoms. The first-order chi connectivity index (χ1) is 6.24. The third-order valence-electron chi connectivity index (χ3n) is 1.22. The van der Waals surface area contributed by atoms with Crippen LogP contribution in [-0.4, -0.2) is 35.3 Å². The topological polar surface area (TPSA) is 65.2 Å². The van der Waals surface area contributed by atoms with Crippen LogP contribution in [0.15, 0.2) is 17.5 Å². The Morgan fingerprint density at radius 1 is 1.62 bits per heavy atom. The molecule has 1 aromatic heterocycles. The minimum atomic E-state index is 0.376. The molecule has 5 heteroatoms. The number of hydrogen-bond donors (Lipinski definition) is 0. The van der Waals surface area contributed by atoms with E-state index in [1.807, 2.05) is 20.2 Å². The fourth-order valence-electron chi connectivity index (χ4n) is 0.675. The van der Waals surface area contributed by atoms with Gasteiger partial charge in [-0.25, -0.2) is 15.0 Å². The van der Waals surface area contributed by atoms with Crippen molar-refractivity contribution in [3.63, 3.8) is 0 Å². The van der Waals surface area contributed by atoms with Gasteiger partial charge < -0.3 is 4.90 Å². The van der Waals surface area contributed by atoms with Crippen molar-refractivity contribution >= 4 is 12.2 Å². The first-order valence-corrected chi connectivity index (χ1v) is 3.64. The Balaban J connectivity index is 2.95. The van der Waals surface area contributed by atoms with E-state index in [1.165, 1.54) is 12.5 Å². The van der Waals surface area contributed by atoms with E-state index < -0.39 is 0 Å². The lowest BCUT2D eigenvalue weighted by Crippen LogP contribution is -2.07. The summed E-state index contributed by atoms with van der Waals surface area (Å²) in [5.41, 5.74) is 0.376. The van der Waals surface area contributed by atoms with Crippen LogP contribution >= 0.6 is 0 Å². The van der Waals surface area contributed by atoms with Crippen LogP contribution in [0.25, 0.3) is 0 Å². The molecule has 1 rings (SSSR count). The lowest BCUT2D eigenvalue weighted by atomic mass is 10.3. The van der Waals surface area contributed by atoms with Crippen molar-refractivity contribution < 1.29 is 0 Å². The molecule has 0 bridgehead atoms. The van der Waals surface area contributed by atoms with Crippen molar-refractivity contribution in [1.82, 2.24) is 14.9 Å². The van der Waals surface area contributed by atoms with Crippen LogP contribution in [0.5, 0.6) is 0 Å². The highest BCUT2D eigenvalue weighted by atomic mass is 15.1. The predicted molar refractivity (Wildman–Crippen MR) is 48.6 cm³/mol. The molecule has 0 N–H and O–H groups in total. The van der Waals surface area contributed by atoms with Gasteiger partial charge in [-0.15, -0.1) is 0 Å². The molecule has 0 saturated heterocycles. The van der Waals surface area contributed by atoms with Gasteiger partial charge in [0.15, 0.2) is 5.82 Å². The van der Waals surface area contributed by atoms with Crippen LogP contribution in [0.1, 0.15) is 5.56 Å². The Bertz CT molecular complexity index is 350. The second-order valence-electron chi connectivity index (χ2n) is 2.58. The highest BCUT2D eigenvalue weighted by Crippen LogP contribution is 2.10. The Labute approximate surface area is 76.4 Å². The van der Waals surface area contributed by atoms with Crippen molar-refractivity contribution in [2.75, 3.05) is 14.1 Å². The van der Waals surface area contributed by atoms with Gasteiger partial charge in [0.05, 0.1) is 12.5 Å². The molecule has 1 aromatic rings. The molecule has 1 heterocycles. The van der Waals surface area contributed by atoms with Crippen molar-refractivity contribution in [3.8, 4) is 6.07 Å². The summed E-state index contributed by atoms with van der Waals surface area (Å²) in [5.74, 6) is 0.395. The molecule has 0 aliphatic heterocycles. The molecule has 0 saturated carbocycles. The molecule has 66 valence electrons. The van der Waals surface area contributed by atoms with Gasteiger partial charge in [-0.05, 0) is 0 Å². The number of nitriles is 1. The first kappa shape index (κ1) is 9.13. The minimum Gasteiger partial charge on any atom is -0.369 e. The smallest absolute Gasteiger partial charge is 0.174 e. The van der Waals surface area contributed by atoms with Gasteiger partial charge in [0, 0.05) is 14.1 Å². The van der Waals surface area contributed by atoms with E-state index in [-0.39, 0.29) is 0 Å². The fraction of sp³-hybridized carbons (Fsp3) is 0.250. The zero-order valence-electron chi connectivity index (χ0n) is 7.47. The predicted octanol–water partition coefficient (Wildman–Crippen LogP) is 0.570. The van der Waals surface area contributed by atoms with E-state index in [1.54, 1.807) is 11.2 Å². The summed E-state index contributed by atoms with van der Waals surface area (Å²) in [6.45, 7) is 0. The standard InChI is InChI=1S/C8H9N5/c1-13(2)6-12-8-7(3-9)4-10-5-11-8/h4-6H,1-2H3/b12-6-. The quantitative estimate of drug-likeness (QED) is 0.487. The SMILES string of the molecule is CN(C)/C=N\c1ncncc1C#N. The fourth-order valence-corrected chi connectivity index (χ4v) is 0.675. The summed E-state index contributed by atoms with van der Waals surface area (Å²) in [7, 11) is 3.69. The van der Waals surface area contributed by atoms with Gasteiger partial charge in [-0.1, -0.05) is 0 Å². The second kappa shape index (κ2) is 4.16. The van der Waals surface area contributed by atoms with E-state index in [9.17, 15) is 0 Å². The van der Waals surface area contributed by atoms with Gasteiger partial charge in [0.1, 0.15) is 18.0 Å². The average Bonchev–Trinajstić information content (AvgIpc) is 2.15. The van der Waals surface area contributed by atoms with Crippen LogP contribution in [-0.2, 0) is 0 Å². The van der Waals surface area contributed by atoms with E-state index in [2.05, 4.69) is 15.0 Å². The molecule has 5 nitrogen and oxygen atoms in total. The van der Waals surface area contributed by atoms with Crippen molar-refractivity contribution in [2.45, 2.75) is 0 Å². The molecule has 0 aliphatic rings. The minimum absolute atomic E-state index is 0.376. The Kier molecular flexibility index (Phi) is 2.92. The van der Waals surface area contributed by atoms with E-state index >= 15 is 0 Å². The maximum atomic E-state index is 8.67. The van der Waals surface area contributed by atoms with Gasteiger partial charge in [0.25, 0.3) is 0 Å². The van der Waals surface area contributed by atoms with Crippen LogP contribution in [0, 0.1) is 11.3 Å². The number of rotatable bonds is 2. The van der Waals surface area contributed by atoms with Crippen molar-refractivity contribution in [1.29, 1.82) is 5.26 Å². The van der Waals surface area contributed by atoms with Crippen molar-refractivity contribution in [3.05, 3.63) is 18.1 Å². The largest absolute Gasteiger partial charge is 0.369 e. The Hall–Kier alpha value is -1.96. The summed E-state index contributed by atoms with van der Waals surface area (Å²) < 4.78 is 0. The molecule has 0 aromatic carbocycles. The number of hydrogen-bond acceptors (Lipinski definition) is 4. The molecular formula is C8H9N5. The first-order valence-electron chi connectivity index (χ1n) is 3.64. The van der Waals surface area contributed by atoms with Gasteiger partial charge in [-0.3, -0.25) is 0 Å². The monoisotopic (exact) mass is 175 g/mol. The van der Waals surface area contributed by atoms with Gasteiger partial charge in [-0.2, -0.15) is 5.26 Å². The van der Waals surface area contributed by atoms with E-state index in [0.717, 1.165) is 0 Å². The normalized spacial score (nSPS) is 9.92. The molecule has 0 spiro atoms. The average molecular weight is 175 g/mol. The van der Waals surface area contributed by atoms with E-state index in [4.69, 9.17) is 5.26 Å². The third-order valence-corrected chi connectivity index (χ3v) is 1.22. The van der Waals surface area contributed by atoms with Crippen LogP contribution in [0.2, 0.25) is 0 Å². The molecule has 0 atom stereocenters. The summed E-state index contributed by atoms with van der Waals surface area (Å²) in [5, 5.41) is 8.67. The molecule has 0 unspecified atom stereocenters. The maximum Gasteiger partial charge on any atom is 0.174 e. The maximum absolute atomic E-state index is 8.67. The van der Waals surface area contributed by atoms with Crippen LogP contribution < -0.4 is 0 Å². The Morgan fingerprint density at radius 3 is 3.00 bits per heavy atom. The van der Waals surface area contributed by atoms with E-state index in [0.29, 0.717) is 11.4 Å². The number of aliphatic imine (C=N–C) groups is 1. The van der Waals surface area contributed by atoms with Gasteiger partial charge >= 0.3 is 0 Å². The summed E-state index contributed by atoms with van der Waals surface area (Å²) >= 11 is 0. The van der Waals surface area contributed by atoms with Crippen LogP contribution in [0.4, 0.5) is 5.82 Å². The lowest BCUT2D eigenvalue weighted by molar-refractivity contribution is 0.643. The zero-order chi connectivity index (χ0) is 9.68. The molecule has 0 fully saturated rings. The highest BCUT2D eigenvalue weighted by molar-refractivity contribution is 5.61. The highest BCUT2D eigenvalue weighted by Gasteiger charge is 1.99. The molecule has 0 radical (unpaired) electrons. The van der Waals surface area contributed by atoms with Gasteiger partial charge in [0.2, 0.25) is 0 Å².